The van der Waals surface area contributed by atoms with Crippen LogP contribution in [0.25, 0.3) is 6.08 Å². The van der Waals surface area contributed by atoms with Crippen LogP contribution < -0.4 is 0 Å². The van der Waals surface area contributed by atoms with Crippen molar-refractivity contribution in [3.8, 4) is 0 Å². The Bertz CT molecular complexity index is 677. The van der Waals surface area contributed by atoms with Gasteiger partial charge in [0, 0.05) is 23.8 Å². The highest BCUT2D eigenvalue weighted by molar-refractivity contribution is 5.91. The van der Waals surface area contributed by atoms with Crippen molar-refractivity contribution in [3.05, 3.63) is 62.9 Å². The van der Waals surface area contributed by atoms with Gasteiger partial charge in [0.2, 0.25) is 5.54 Å². The minimum Gasteiger partial charge on any atom is -0.507 e. The normalized spacial score (nSPS) is 23.0. The summed E-state index contributed by atoms with van der Waals surface area (Å²) in [5, 5.41) is 21.8. The smallest absolute Gasteiger partial charge is 0.338 e. The molecule has 1 aliphatic carbocycles. The van der Waals surface area contributed by atoms with Crippen LogP contribution in [0, 0.1) is 10.1 Å². The van der Waals surface area contributed by atoms with Gasteiger partial charge in [-0.2, -0.15) is 0 Å². The van der Waals surface area contributed by atoms with Crippen LogP contribution in [0.1, 0.15) is 32.3 Å². The van der Waals surface area contributed by atoms with Gasteiger partial charge >= 0.3 is 5.97 Å². The molecular weight excluding hydrogens is 298 g/mol. The summed E-state index contributed by atoms with van der Waals surface area (Å²) in [7, 11) is 0. The van der Waals surface area contributed by atoms with E-state index in [4.69, 9.17) is 4.74 Å². The molecule has 0 amide bonds. The molecule has 6 heteroatoms. The Morgan fingerprint density at radius 3 is 2.61 bits per heavy atom. The molecule has 1 aliphatic rings. The van der Waals surface area contributed by atoms with E-state index in [-0.39, 0.29) is 30.8 Å². The number of nitro groups is 1. The summed E-state index contributed by atoms with van der Waals surface area (Å²) in [5.41, 5.74) is -0.233. The summed E-state index contributed by atoms with van der Waals surface area (Å²) < 4.78 is 4.92. The Kier molecular flexibility index (Phi) is 4.83. The van der Waals surface area contributed by atoms with Gasteiger partial charge in [-0.1, -0.05) is 30.3 Å². The van der Waals surface area contributed by atoms with E-state index >= 15 is 0 Å². The molecule has 0 fully saturated rings. The molecule has 6 nitrogen and oxygen atoms in total. The van der Waals surface area contributed by atoms with Gasteiger partial charge in [0.25, 0.3) is 0 Å². The van der Waals surface area contributed by atoms with Crippen molar-refractivity contribution >= 4 is 12.0 Å². The average Bonchev–Trinajstić information content (AvgIpc) is 2.51. The van der Waals surface area contributed by atoms with Gasteiger partial charge in [0.05, 0.1) is 18.6 Å². The third-order valence-electron chi connectivity index (χ3n) is 3.82. The molecule has 1 aromatic carbocycles. The molecule has 0 radical (unpaired) electrons. The van der Waals surface area contributed by atoms with Crippen molar-refractivity contribution in [2.75, 3.05) is 6.61 Å². The van der Waals surface area contributed by atoms with Gasteiger partial charge in [-0.25, -0.2) is 4.79 Å². The first-order valence-corrected chi connectivity index (χ1v) is 7.37. The molecule has 23 heavy (non-hydrogen) atoms. The van der Waals surface area contributed by atoms with Crippen LogP contribution in [0.4, 0.5) is 0 Å². The zero-order chi connectivity index (χ0) is 17.0. The second kappa shape index (κ2) is 6.64. The average molecular weight is 317 g/mol. The second-order valence-electron chi connectivity index (χ2n) is 5.74. The number of ether oxygens (including phenoxy) is 1. The Hall–Kier alpha value is -2.63. The predicted octanol–water partition coefficient (Wildman–Crippen LogP) is 3.27. The lowest BCUT2D eigenvalue weighted by atomic mass is 9.79. The lowest BCUT2D eigenvalue weighted by Gasteiger charge is -2.28. The molecule has 0 heterocycles. The highest BCUT2D eigenvalue weighted by Crippen LogP contribution is 2.38. The number of hydrogen-bond donors (Lipinski definition) is 1. The molecule has 0 saturated heterocycles. The van der Waals surface area contributed by atoms with Crippen LogP contribution in [0.3, 0.4) is 0 Å². The van der Waals surface area contributed by atoms with E-state index in [0.717, 1.165) is 5.56 Å². The van der Waals surface area contributed by atoms with Gasteiger partial charge in [-0.05, 0) is 18.6 Å². The highest BCUT2D eigenvalue weighted by atomic mass is 16.6. The van der Waals surface area contributed by atoms with E-state index in [1.807, 2.05) is 30.3 Å². The minimum atomic E-state index is -1.35. The molecule has 1 atom stereocenters. The van der Waals surface area contributed by atoms with Gasteiger partial charge in [-0.15, -0.1) is 0 Å². The van der Waals surface area contributed by atoms with Gasteiger partial charge in [0.15, 0.2) is 0 Å². The van der Waals surface area contributed by atoms with Crippen molar-refractivity contribution in [2.45, 2.75) is 32.2 Å². The highest BCUT2D eigenvalue weighted by Gasteiger charge is 2.46. The van der Waals surface area contributed by atoms with Crippen LogP contribution in [0.15, 0.2) is 47.2 Å². The first-order valence-electron chi connectivity index (χ1n) is 7.37. The van der Waals surface area contributed by atoms with E-state index in [0.29, 0.717) is 5.57 Å². The Balaban J connectivity index is 2.50. The minimum absolute atomic E-state index is 0.0421. The molecule has 0 aliphatic heterocycles. The van der Waals surface area contributed by atoms with Crippen molar-refractivity contribution in [2.24, 2.45) is 0 Å². The maximum Gasteiger partial charge on any atom is 0.338 e. The topological polar surface area (TPSA) is 89.7 Å². The van der Waals surface area contributed by atoms with E-state index in [1.165, 1.54) is 6.92 Å². The van der Waals surface area contributed by atoms with Crippen LogP contribution in [-0.4, -0.2) is 28.1 Å². The predicted molar refractivity (Wildman–Crippen MR) is 85.3 cm³/mol. The van der Waals surface area contributed by atoms with Crippen LogP contribution in [-0.2, 0) is 9.53 Å². The Morgan fingerprint density at radius 2 is 2.04 bits per heavy atom. The molecular formula is C17H19NO5. The summed E-state index contributed by atoms with van der Waals surface area (Å²) in [6.07, 6.45) is 1.55. The molecule has 1 N–H and O–H groups in total. The fourth-order valence-corrected chi connectivity index (χ4v) is 2.60. The molecule has 2 rings (SSSR count). The fraction of sp³-hybridized carbons (Fsp3) is 0.353. The number of esters is 1. The summed E-state index contributed by atoms with van der Waals surface area (Å²) >= 11 is 0. The van der Waals surface area contributed by atoms with Crippen molar-refractivity contribution in [1.29, 1.82) is 0 Å². The summed E-state index contributed by atoms with van der Waals surface area (Å²) in [6, 6.07) is 9.15. The van der Waals surface area contributed by atoms with Crippen LogP contribution >= 0.6 is 0 Å². The number of hydrogen-bond acceptors (Lipinski definition) is 5. The molecule has 1 unspecified atom stereocenters. The quantitative estimate of drug-likeness (QED) is 0.523. The molecule has 1 aromatic rings. The fourth-order valence-electron chi connectivity index (χ4n) is 2.60. The number of rotatable bonds is 4. The SMILES string of the molecule is CCOC(=O)C1=C(O)/C(=C\c2ccccc2)CC(C)([N+](=O)[O-])C1. The first-order chi connectivity index (χ1) is 10.9. The van der Waals surface area contributed by atoms with Gasteiger partial charge in [0.1, 0.15) is 5.76 Å². The summed E-state index contributed by atoms with van der Waals surface area (Å²) in [6.45, 7) is 3.26. The molecule has 122 valence electrons. The van der Waals surface area contributed by atoms with Crippen LogP contribution in [0.5, 0.6) is 0 Å². The second-order valence-corrected chi connectivity index (χ2v) is 5.74. The third kappa shape index (κ3) is 3.59. The third-order valence-corrected chi connectivity index (χ3v) is 3.82. The Labute approximate surface area is 134 Å². The molecule has 0 spiro atoms. The number of allylic oxidation sites excluding steroid dienone is 1. The van der Waals surface area contributed by atoms with E-state index in [2.05, 4.69) is 0 Å². The zero-order valence-electron chi connectivity index (χ0n) is 13.1. The summed E-state index contributed by atoms with van der Waals surface area (Å²) in [5.74, 6) is -0.927. The number of nitrogens with zero attached hydrogens (tertiary/aromatic N) is 1. The zero-order valence-corrected chi connectivity index (χ0v) is 13.1. The lowest BCUT2D eigenvalue weighted by molar-refractivity contribution is -0.565. The van der Waals surface area contributed by atoms with E-state index in [1.54, 1.807) is 13.0 Å². The lowest BCUT2D eigenvalue weighted by Crippen LogP contribution is -2.40. The maximum atomic E-state index is 12.0. The number of aliphatic hydroxyl groups excluding tert-OH is 1. The van der Waals surface area contributed by atoms with Crippen molar-refractivity contribution in [1.82, 2.24) is 0 Å². The number of aliphatic hydroxyl groups is 1. The molecule has 0 aromatic heterocycles. The van der Waals surface area contributed by atoms with E-state index < -0.39 is 16.4 Å². The van der Waals surface area contributed by atoms with Gasteiger partial charge in [-0.3, -0.25) is 10.1 Å². The van der Waals surface area contributed by atoms with Crippen molar-refractivity contribution < 1.29 is 19.6 Å². The van der Waals surface area contributed by atoms with Crippen LogP contribution in [0.2, 0.25) is 0 Å². The molecule has 0 saturated carbocycles. The first kappa shape index (κ1) is 16.7. The largest absolute Gasteiger partial charge is 0.507 e. The number of carbonyl (C=O) groups is 1. The molecule has 0 bridgehead atoms. The maximum absolute atomic E-state index is 12.0. The van der Waals surface area contributed by atoms with E-state index in [9.17, 15) is 20.0 Å². The number of benzene rings is 1. The van der Waals surface area contributed by atoms with Gasteiger partial charge < -0.3 is 9.84 Å². The standard InChI is InChI=1S/C17H19NO5/c1-3-23-16(20)14-11-17(2,18(21)22)10-13(15(14)19)9-12-7-5-4-6-8-12/h4-9,19H,3,10-11H2,1-2H3/b13-9-. The Morgan fingerprint density at radius 1 is 1.39 bits per heavy atom. The monoisotopic (exact) mass is 317 g/mol. The number of carbonyl (C=O) groups excluding carboxylic acids is 1. The summed E-state index contributed by atoms with van der Waals surface area (Å²) in [4.78, 5) is 23.1. The van der Waals surface area contributed by atoms with Crippen molar-refractivity contribution in [3.63, 3.8) is 0 Å².